The third-order valence-corrected chi connectivity index (χ3v) is 3.34. The van der Waals surface area contributed by atoms with Crippen LogP contribution in [0.3, 0.4) is 0 Å². The minimum Gasteiger partial charge on any atom is -0.383 e. The third-order valence-electron chi connectivity index (χ3n) is 2.60. The fourth-order valence-corrected chi connectivity index (χ4v) is 1.71. The van der Waals surface area contributed by atoms with Crippen LogP contribution in [0, 0.1) is 13.8 Å². The van der Waals surface area contributed by atoms with Crippen LogP contribution in [-0.2, 0) is 0 Å². The molecule has 0 unspecified atom stereocenters. The van der Waals surface area contributed by atoms with Gasteiger partial charge in [-0.15, -0.1) is 0 Å². The second kappa shape index (κ2) is 4.51. The van der Waals surface area contributed by atoms with Crippen LogP contribution in [0.15, 0.2) is 18.2 Å². The van der Waals surface area contributed by atoms with Gasteiger partial charge in [0.05, 0.1) is 10.0 Å². The van der Waals surface area contributed by atoms with Crippen molar-refractivity contribution in [3.8, 4) is 11.4 Å². The number of anilines is 1. The monoisotopic (exact) mass is 267 g/mol. The zero-order chi connectivity index (χ0) is 12.6. The Kier molecular flexibility index (Phi) is 3.22. The summed E-state index contributed by atoms with van der Waals surface area (Å²) >= 11 is 11.8. The Bertz CT molecular complexity index is 559. The SMILES string of the molecule is Cc1nc(-c2ccc(Cl)c(Cl)c2)nc(N)c1C. The Morgan fingerprint density at radius 3 is 2.35 bits per heavy atom. The molecule has 1 heterocycles. The quantitative estimate of drug-likeness (QED) is 0.858. The van der Waals surface area contributed by atoms with Gasteiger partial charge in [0.25, 0.3) is 0 Å². The molecule has 3 nitrogen and oxygen atoms in total. The van der Waals surface area contributed by atoms with E-state index in [9.17, 15) is 0 Å². The Labute approximate surface area is 110 Å². The van der Waals surface area contributed by atoms with Crippen molar-refractivity contribution in [2.75, 3.05) is 5.73 Å². The summed E-state index contributed by atoms with van der Waals surface area (Å²) in [6, 6.07) is 5.26. The second-order valence-electron chi connectivity index (χ2n) is 3.77. The van der Waals surface area contributed by atoms with E-state index >= 15 is 0 Å². The highest BCUT2D eigenvalue weighted by molar-refractivity contribution is 6.42. The van der Waals surface area contributed by atoms with Gasteiger partial charge >= 0.3 is 0 Å². The van der Waals surface area contributed by atoms with Crippen LogP contribution in [0.4, 0.5) is 5.82 Å². The largest absolute Gasteiger partial charge is 0.383 e. The molecule has 2 aromatic rings. The number of hydrogen-bond acceptors (Lipinski definition) is 3. The molecule has 2 N–H and O–H groups in total. The van der Waals surface area contributed by atoms with Gasteiger partial charge in [0, 0.05) is 16.8 Å². The first-order valence-corrected chi connectivity index (χ1v) is 5.81. The van der Waals surface area contributed by atoms with Crippen molar-refractivity contribution >= 4 is 29.0 Å². The molecule has 17 heavy (non-hydrogen) atoms. The van der Waals surface area contributed by atoms with Crippen molar-refractivity contribution < 1.29 is 0 Å². The highest BCUT2D eigenvalue weighted by Gasteiger charge is 2.08. The number of hydrogen-bond donors (Lipinski definition) is 1. The first kappa shape index (κ1) is 12.1. The summed E-state index contributed by atoms with van der Waals surface area (Å²) in [5.74, 6) is 1.04. The zero-order valence-electron chi connectivity index (χ0n) is 9.46. The van der Waals surface area contributed by atoms with Crippen molar-refractivity contribution in [2.24, 2.45) is 0 Å². The van der Waals surface area contributed by atoms with Gasteiger partial charge in [0.1, 0.15) is 5.82 Å². The van der Waals surface area contributed by atoms with Gasteiger partial charge in [-0.25, -0.2) is 9.97 Å². The van der Waals surface area contributed by atoms with E-state index in [2.05, 4.69) is 9.97 Å². The lowest BCUT2D eigenvalue weighted by molar-refractivity contribution is 1.08. The summed E-state index contributed by atoms with van der Waals surface area (Å²) in [7, 11) is 0. The highest BCUT2D eigenvalue weighted by Crippen LogP contribution is 2.27. The third kappa shape index (κ3) is 2.35. The number of nitrogens with two attached hydrogens (primary N) is 1. The van der Waals surface area contributed by atoms with Crippen LogP contribution in [0.5, 0.6) is 0 Å². The van der Waals surface area contributed by atoms with E-state index in [-0.39, 0.29) is 0 Å². The topological polar surface area (TPSA) is 51.8 Å². The molecule has 0 saturated heterocycles. The van der Waals surface area contributed by atoms with Gasteiger partial charge in [-0.1, -0.05) is 23.2 Å². The second-order valence-corrected chi connectivity index (χ2v) is 4.59. The van der Waals surface area contributed by atoms with Crippen molar-refractivity contribution in [1.29, 1.82) is 0 Å². The summed E-state index contributed by atoms with van der Waals surface area (Å²) in [4.78, 5) is 8.62. The molecule has 5 heteroatoms. The average molecular weight is 268 g/mol. The Hall–Kier alpha value is -1.32. The molecule has 0 atom stereocenters. The number of nitrogens with zero attached hydrogens (tertiary/aromatic N) is 2. The molecule has 0 spiro atoms. The van der Waals surface area contributed by atoms with Gasteiger partial charge in [0.2, 0.25) is 0 Å². The number of halogens is 2. The fourth-order valence-electron chi connectivity index (χ4n) is 1.42. The molecule has 2 rings (SSSR count). The van der Waals surface area contributed by atoms with Crippen LogP contribution in [-0.4, -0.2) is 9.97 Å². The number of aromatic nitrogens is 2. The normalized spacial score (nSPS) is 10.6. The van der Waals surface area contributed by atoms with Crippen LogP contribution < -0.4 is 5.73 Å². The minimum atomic E-state index is 0.476. The average Bonchev–Trinajstić information content (AvgIpc) is 2.29. The molecule has 0 fully saturated rings. The summed E-state index contributed by atoms with van der Waals surface area (Å²) in [5, 5.41) is 0.983. The number of aryl methyl sites for hydroxylation is 1. The fraction of sp³-hybridized carbons (Fsp3) is 0.167. The first-order chi connectivity index (χ1) is 7.99. The van der Waals surface area contributed by atoms with Crippen molar-refractivity contribution in [3.05, 3.63) is 39.5 Å². The highest BCUT2D eigenvalue weighted by atomic mass is 35.5. The molecular formula is C12H11Cl2N3. The molecule has 88 valence electrons. The van der Waals surface area contributed by atoms with Crippen molar-refractivity contribution in [2.45, 2.75) is 13.8 Å². The Balaban J connectivity index is 2.57. The maximum Gasteiger partial charge on any atom is 0.161 e. The smallest absolute Gasteiger partial charge is 0.161 e. The van der Waals surface area contributed by atoms with Gasteiger partial charge in [-0.2, -0.15) is 0 Å². The lowest BCUT2D eigenvalue weighted by atomic mass is 10.2. The van der Waals surface area contributed by atoms with Gasteiger partial charge in [-0.3, -0.25) is 0 Å². The zero-order valence-corrected chi connectivity index (χ0v) is 11.0. The van der Waals surface area contributed by atoms with Gasteiger partial charge in [-0.05, 0) is 32.0 Å². The standard InChI is InChI=1S/C12H11Cl2N3/c1-6-7(2)16-12(17-11(6)15)8-3-4-9(13)10(14)5-8/h3-5H,1-2H3,(H2,15,16,17). The summed E-state index contributed by atoms with van der Waals surface area (Å²) in [5.41, 5.74) is 8.37. The number of rotatable bonds is 1. The molecule has 0 aliphatic carbocycles. The Morgan fingerprint density at radius 2 is 1.76 bits per heavy atom. The molecular weight excluding hydrogens is 257 g/mol. The maximum absolute atomic E-state index is 5.96. The molecule has 0 radical (unpaired) electrons. The van der Waals surface area contributed by atoms with Crippen molar-refractivity contribution in [1.82, 2.24) is 9.97 Å². The molecule has 0 aliphatic heterocycles. The minimum absolute atomic E-state index is 0.476. The van der Waals surface area contributed by atoms with Crippen LogP contribution in [0.1, 0.15) is 11.3 Å². The molecule has 1 aromatic heterocycles. The van der Waals surface area contributed by atoms with Gasteiger partial charge < -0.3 is 5.73 Å². The molecule has 1 aromatic carbocycles. The Morgan fingerprint density at radius 1 is 1.06 bits per heavy atom. The summed E-state index contributed by atoms with van der Waals surface area (Å²) in [6.45, 7) is 3.79. The van der Waals surface area contributed by atoms with E-state index in [1.165, 1.54) is 0 Å². The van der Waals surface area contributed by atoms with Gasteiger partial charge in [0.15, 0.2) is 5.82 Å². The van der Waals surface area contributed by atoms with E-state index < -0.39 is 0 Å². The molecule has 0 bridgehead atoms. The van der Waals surface area contributed by atoms with E-state index in [0.717, 1.165) is 16.8 Å². The van der Waals surface area contributed by atoms with E-state index in [1.54, 1.807) is 12.1 Å². The van der Waals surface area contributed by atoms with Crippen LogP contribution in [0.25, 0.3) is 11.4 Å². The summed E-state index contributed by atoms with van der Waals surface area (Å²) in [6.07, 6.45) is 0. The van der Waals surface area contributed by atoms with E-state index in [1.807, 2.05) is 19.9 Å². The lowest BCUT2D eigenvalue weighted by Crippen LogP contribution is -2.02. The van der Waals surface area contributed by atoms with Crippen molar-refractivity contribution in [3.63, 3.8) is 0 Å². The number of benzene rings is 1. The molecule has 0 amide bonds. The van der Waals surface area contributed by atoms with Crippen LogP contribution in [0.2, 0.25) is 10.0 Å². The first-order valence-electron chi connectivity index (χ1n) is 5.05. The van der Waals surface area contributed by atoms with E-state index in [4.69, 9.17) is 28.9 Å². The molecule has 0 saturated carbocycles. The number of nitrogen functional groups attached to an aromatic ring is 1. The maximum atomic E-state index is 5.96. The van der Waals surface area contributed by atoms with Crippen LogP contribution >= 0.6 is 23.2 Å². The predicted octanol–water partition coefficient (Wildman–Crippen LogP) is 3.65. The predicted molar refractivity (Wildman–Crippen MR) is 71.4 cm³/mol. The van der Waals surface area contributed by atoms with E-state index in [0.29, 0.717) is 21.7 Å². The lowest BCUT2D eigenvalue weighted by Gasteiger charge is -2.07. The molecule has 0 aliphatic rings. The summed E-state index contributed by atoms with van der Waals surface area (Å²) < 4.78 is 0.